The van der Waals surface area contributed by atoms with Crippen molar-refractivity contribution in [1.29, 1.82) is 0 Å². The van der Waals surface area contributed by atoms with Gasteiger partial charge in [0.05, 0.1) is 23.2 Å². The number of sulfonamides is 1. The van der Waals surface area contributed by atoms with E-state index in [1.165, 1.54) is 6.07 Å². The number of hydrogen-bond donors (Lipinski definition) is 3. The zero-order chi connectivity index (χ0) is 20.9. The average molecular weight is 404 g/mol. The first-order valence-electron chi connectivity index (χ1n) is 8.90. The number of carbonyl (C=O) groups is 2. The van der Waals surface area contributed by atoms with Crippen LogP contribution in [0, 0.1) is 6.92 Å². The van der Waals surface area contributed by atoms with E-state index in [0.29, 0.717) is 22.5 Å². The Morgan fingerprint density at radius 3 is 2.36 bits per heavy atom. The Morgan fingerprint density at radius 1 is 1.04 bits per heavy atom. The van der Waals surface area contributed by atoms with Crippen molar-refractivity contribution in [3.05, 3.63) is 59.2 Å². The molecule has 0 aliphatic rings. The van der Waals surface area contributed by atoms with Gasteiger partial charge in [-0.2, -0.15) is 0 Å². The first-order chi connectivity index (χ1) is 13.1. The van der Waals surface area contributed by atoms with Crippen molar-refractivity contribution in [2.24, 2.45) is 0 Å². The second kappa shape index (κ2) is 8.88. The number of anilines is 2. The number of aryl methyl sites for hydroxylation is 1. The third-order valence-corrected chi connectivity index (χ3v) is 4.80. The highest BCUT2D eigenvalue weighted by Gasteiger charge is 2.16. The Kier molecular flexibility index (Phi) is 6.80. The molecule has 0 radical (unpaired) electrons. The van der Waals surface area contributed by atoms with Crippen molar-refractivity contribution in [3.8, 4) is 0 Å². The average Bonchev–Trinajstić information content (AvgIpc) is 2.62. The van der Waals surface area contributed by atoms with E-state index in [1.54, 1.807) is 43.3 Å². The van der Waals surface area contributed by atoms with Crippen LogP contribution in [0.1, 0.15) is 46.5 Å². The topological polar surface area (TPSA) is 104 Å². The highest BCUT2D eigenvalue weighted by atomic mass is 32.2. The van der Waals surface area contributed by atoms with E-state index >= 15 is 0 Å². The molecule has 1 atom stereocenters. The van der Waals surface area contributed by atoms with Gasteiger partial charge in [-0.25, -0.2) is 8.42 Å². The van der Waals surface area contributed by atoms with Gasteiger partial charge in [0.2, 0.25) is 10.0 Å². The van der Waals surface area contributed by atoms with Crippen LogP contribution < -0.4 is 15.4 Å². The molecule has 0 fully saturated rings. The number of nitrogens with one attached hydrogen (secondary N) is 3. The van der Waals surface area contributed by atoms with Crippen molar-refractivity contribution in [1.82, 2.24) is 5.32 Å². The number of amides is 2. The zero-order valence-corrected chi connectivity index (χ0v) is 17.2. The minimum Gasteiger partial charge on any atom is -0.350 e. The number of benzene rings is 2. The number of carbonyl (C=O) groups excluding carboxylic acids is 2. The maximum absolute atomic E-state index is 12.7. The van der Waals surface area contributed by atoms with Gasteiger partial charge in [-0.1, -0.05) is 25.1 Å². The van der Waals surface area contributed by atoms with Gasteiger partial charge in [0.15, 0.2) is 0 Å². The predicted octanol–water partition coefficient (Wildman–Crippen LogP) is 3.15. The van der Waals surface area contributed by atoms with Gasteiger partial charge in [0, 0.05) is 11.6 Å². The zero-order valence-electron chi connectivity index (χ0n) is 16.4. The highest BCUT2D eigenvalue weighted by molar-refractivity contribution is 7.92. The lowest BCUT2D eigenvalue weighted by Crippen LogP contribution is -2.32. The second-order valence-corrected chi connectivity index (χ2v) is 8.43. The lowest BCUT2D eigenvalue weighted by molar-refractivity contribution is 0.0940. The second-order valence-electron chi connectivity index (χ2n) is 6.69. The Bertz CT molecular complexity index is 987. The fraction of sp³-hybridized carbons (Fsp3) is 0.300. The van der Waals surface area contributed by atoms with Crippen LogP contribution in [0.5, 0.6) is 0 Å². The Labute approximate surface area is 165 Å². The lowest BCUT2D eigenvalue weighted by Gasteiger charge is -2.15. The van der Waals surface area contributed by atoms with E-state index in [0.717, 1.165) is 12.7 Å². The Morgan fingerprint density at radius 2 is 1.71 bits per heavy atom. The van der Waals surface area contributed by atoms with Gasteiger partial charge < -0.3 is 10.6 Å². The summed E-state index contributed by atoms with van der Waals surface area (Å²) in [6.07, 6.45) is 1.84. The largest absolute Gasteiger partial charge is 0.350 e. The number of hydrogen-bond acceptors (Lipinski definition) is 4. The third kappa shape index (κ3) is 5.82. The van der Waals surface area contributed by atoms with E-state index in [4.69, 9.17) is 0 Å². The molecule has 0 aliphatic carbocycles. The minimum atomic E-state index is -3.47. The van der Waals surface area contributed by atoms with Gasteiger partial charge >= 0.3 is 0 Å². The van der Waals surface area contributed by atoms with Crippen molar-refractivity contribution in [3.63, 3.8) is 0 Å². The summed E-state index contributed by atoms with van der Waals surface area (Å²) in [5.41, 5.74) is 2.03. The molecule has 2 aromatic carbocycles. The molecule has 0 aromatic heterocycles. The summed E-state index contributed by atoms with van der Waals surface area (Å²) < 4.78 is 25.4. The van der Waals surface area contributed by atoms with E-state index in [1.807, 2.05) is 13.8 Å². The summed E-state index contributed by atoms with van der Waals surface area (Å²) in [6.45, 7) is 5.61. The van der Waals surface area contributed by atoms with Crippen LogP contribution in [0.25, 0.3) is 0 Å². The molecule has 0 saturated carbocycles. The Balaban J connectivity index is 2.26. The van der Waals surface area contributed by atoms with Crippen molar-refractivity contribution < 1.29 is 18.0 Å². The monoisotopic (exact) mass is 403 g/mol. The minimum absolute atomic E-state index is 0.0120. The SMILES string of the molecule is CC[C@@H](C)NC(=O)c1ccccc1NC(=O)c1ccc(C)c(NS(C)(=O)=O)c1. The van der Waals surface area contributed by atoms with Gasteiger partial charge in [0.1, 0.15) is 0 Å². The Hall–Kier alpha value is -2.87. The van der Waals surface area contributed by atoms with Crippen LogP contribution in [0.3, 0.4) is 0 Å². The predicted molar refractivity (Wildman–Crippen MR) is 111 cm³/mol. The molecular formula is C20H25N3O4S. The van der Waals surface area contributed by atoms with Gasteiger partial charge in [-0.15, -0.1) is 0 Å². The quantitative estimate of drug-likeness (QED) is 0.660. The standard InChI is InChI=1S/C20H25N3O4S/c1-5-14(3)21-20(25)16-8-6-7-9-17(16)22-19(24)15-11-10-13(2)18(12-15)23-28(4,26)27/h6-12,14,23H,5H2,1-4H3,(H,21,25)(H,22,24)/t14-/m1/s1. The molecule has 0 unspecified atom stereocenters. The van der Waals surface area contributed by atoms with Crippen LogP contribution in [-0.2, 0) is 10.0 Å². The van der Waals surface area contributed by atoms with E-state index in [-0.39, 0.29) is 17.5 Å². The number of rotatable bonds is 7. The fourth-order valence-electron chi connectivity index (χ4n) is 2.46. The summed E-state index contributed by atoms with van der Waals surface area (Å²) in [6, 6.07) is 11.5. The van der Waals surface area contributed by atoms with E-state index in [9.17, 15) is 18.0 Å². The van der Waals surface area contributed by atoms with Crippen molar-refractivity contribution in [2.75, 3.05) is 16.3 Å². The smallest absolute Gasteiger partial charge is 0.255 e. The first kappa shape index (κ1) is 21.4. The molecular weight excluding hydrogens is 378 g/mol. The summed E-state index contributed by atoms with van der Waals surface area (Å²) in [5, 5.41) is 5.61. The summed E-state index contributed by atoms with van der Waals surface area (Å²) in [7, 11) is -3.47. The fourth-order valence-corrected chi connectivity index (χ4v) is 3.08. The summed E-state index contributed by atoms with van der Waals surface area (Å²) >= 11 is 0. The van der Waals surface area contributed by atoms with Crippen LogP contribution in [0.4, 0.5) is 11.4 Å². The van der Waals surface area contributed by atoms with Crippen molar-refractivity contribution in [2.45, 2.75) is 33.2 Å². The van der Waals surface area contributed by atoms with Gasteiger partial charge in [0.25, 0.3) is 11.8 Å². The van der Waals surface area contributed by atoms with Crippen LogP contribution in [0.2, 0.25) is 0 Å². The van der Waals surface area contributed by atoms with Crippen LogP contribution >= 0.6 is 0 Å². The molecule has 0 saturated heterocycles. The van der Waals surface area contributed by atoms with E-state index < -0.39 is 15.9 Å². The number of para-hydroxylation sites is 1. The molecule has 2 amide bonds. The molecule has 7 nitrogen and oxygen atoms in total. The molecule has 0 bridgehead atoms. The van der Waals surface area contributed by atoms with Crippen LogP contribution in [0.15, 0.2) is 42.5 Å². The summed E-state index contributed by atoms with van der Waals surface area (Å²) in [4.78, 5) is 25.1. The molecule has 2 rings (SSSR count). The molecule has 8 heteroatoms. The summed E-state index contributed by atoms with van der Waals surface area (Å²) in [5.74, 6) is -0.714. The maximum atomic E-state index is 12.7. The van der Waals surface area contributed by atoms with Crippen molar-refractivity contribution >= 4 is 33.2 Å². The molecule has 0 spiro atoms. The third-order valence-electron chi connectivity index (χ3n) is 4.20. The van der Waals surface area contributed by atoms with Gasteiger partial charge in [-0.3, -0.25) is 14.3 Å². The normalized spacial score (nSPS) is 12.1. The van der Waals surface area contributed by atoms with Crippen LogP contribution in [-0.4, -0.2) is 32.5 Å². The van der Waals surface area contributed by atoms with E-state index in [2.05, 4.69) is 15.4 Å². The highest BCUT2D eigenvalue weighted by Crippen LogP contribution is 2.21. The molecule has 3 N–H and O–H groups in total. The molecule has 150 valence electrons. The molecule has 0 heterocycles. The molecule has 28 heavy (non-hydrogen) atoms. The lowest BCUT2D eigenvalue weighted by atomic mass is 10.1. The molecule has 2 aromatic rings. The maximum Gasteiger partial charge on any atom is 0.255 e. The molecule has 0 aliphatic heterocycles. The van der Waals surface area contributed by atoms with Gasteiger partial charge in [-0.05, 0) is 50.1 Å². The first-order valence-corrected chi connectivity index (χ1v) is 10.8.